The molecule has 1 aromatic rings. The van der Waals surface area contributed by atoms with E-state index in [0.29, 0.717) is 19.3 Å². The molecule has 0 radical (unpaired) electrons. The van der Waals surface area contributed by atoms with Crippen molar-refractivity contribution in [1.29, 1.82) is 0 Å². The van der Waals surface area contributed by atoms with E-state index < -0.39 is 11.4 Å². The van der Waals surface area contributed by atoms with E-state index in [1.807, 2.05) is 26.8 Å². The van der Waals surface area contributed by atoms with E-state index in [-0.39, 0.29) is 18.6 Å². The number of carboxylic acid groups (broad SMARTS) is 1. The minimum atomic E-state index is -0.901. The third kappa shape index (κ3) is 4.81. The SMILES string of the molecule is CCC(CC)(CNC(=O)NC(C)Cc1ccco1)C(=O)O. The molecule has 0 spiro atoms. The zero-order valence-electron chi connectivity index (χ0n) is 12.8. The molecule has 1 unspecified atom stereocenters. The molecule has 1 heterocycles. The smallest absolute Gasteiger partial charge is 0.315 e. The summed E-state index contributed by atoms with van der Waals surface area (Å²) in [5, 5.41) is 14.7. The van der Waals surface area contributed by atoms with Crippen molar-refractivity contribution in [3.05, 3.63) is 24.2 Å². The second kappa shape index (κ2) is 7.71. The van der Waals surface area contributed by atoms with Gasteiger partial charge in [-0.3, -0.25) is 4.79 Å². The molecule has 118 valence electrons. The van der Waals surface area contributed by atoms with Crippen LogP contribution in [0.2, 0.25) is 0 Å². The van der Waals surface area contributed by atoms with Gasteiger partial charge in [0, 0.05) is 19.0 Å². The maximum Gasteiger partial charge on any atom is 0.315 e. The first kappa shape index (κ1) is 17.1. The van der Waals surface area contributed by atoms with Crippen LogP contribution in [0.4, 0.5) is 4.79 Å². The van der Waals surface area contributed by atoms with Crippen LogP contribution in [-0.4, -0.2) is 29.7 Å². The Morgan fingerprint density at radius 2 is 2.05 bits per heavy atom. The molecule has 0 aliphatic carbocycles. The van der Waals surface area contributed by atoms with Crippen LogP contribution >= 0.6 is 0 Å². The van der Waals surface area contributed by atoms with Gasteiger partial charge < -0.3 is 20.2 Å². The number of furan rings is 1. The first-order valence-electron chi connectivity index (χ1n) is 7.23. The summed E-state index contributed by atoms with van der Waals surface area (Å²) < 4.78 is 5.22. The molecular formula is C15H24N2O4. The van der Waals surface area contributed by atoms with E-state index in [1.54, 1.807) is 12.3 Å². The molecule has 0 fully saturated rings. The zero-order valence-corrected chi connectivity index (χ0v) is 12.8. The third-order valence-electron chi connectivity index (χ3n) is 3.86. The molecule has 3 N–H and O–H groups in total. The quantitative estimate of drug-likeness (QED) is 0.687. The van der Waals surface area contributed by atoms with Gasteiger partial charge in [-0.25, -0.2) is 4.79 Å². The lowest BCUT2D eigenvalue weighted by Gasteiger charge is -2.27. The highest BCUT2D eigenvalue weighted by Crippen LogP contribution is 2.25. The van der Waals surface area contributed by atoms with E-state index in [4.69, 9.17) is 4.42 Å². The predicted molar refractivity (Wildman–Crippen MR) is 79.1 cm³/mol. The van der Waals surface area contributed by atoms with Crippen LogP contribution in [0.15, 0.2) is 22.8 Å². The van der Waals surface area contributed by atoms with Crippen molar-refractivity contribution in [2.24, 2.45) is 5.41 Å². The van der Waals surface area contributed by atoms with Crippen LogP contribution in [0, 0.1) is 5.41 Å². The molecule has 2 amide bonds. The second-order valence-corrected chi connectivity index (χ2v) is 5.30. The van der Waals surface area contributed by atoms with Crippen molar-refractivity contribution in [1.82, 2.24) is 10.6 Å². The van der Waals surface area contributed by atoms with E-state index in [0.717, 1.165) is 5.76 Å². The molecule has 1 atom stereocenters. The Labute approximate surface area is 124 Å². The molecule has 6 heteroatoms. The van der Waals surface area contributed by atoms with Crippen molar-refractivity contribution in [3.8, 4) is 0 Å². The molecule has 0 saturated heterocycles. The summed E-state index contributed by atoms with van der Waals surface area (Å²) in [4.78, 5) is 23.2. The summed E-state index contributed by atoms with van der Waals surface area (Å²) in [7, 11) is 0. The lowest BCUT2D eigenvalue weighted by Crippen LogP contribution is -2.48. The lowest BCUT2D eigenvalue weighted by atomic mass is 9.82. The normalized spacial score (nSPS) is 12.7. The van der Waals surface area contributed by atoms with E-state index >= 15 is 0 Å². The predicted octanol–water partition coefficient (Wildman–Crippen LogP) is 2.40. The monoisotopic (exact) mass is 296 g/mol. The van der Waals surface area contributed by atoms with Crippen LogP contribution < -0.4 is 10.6 Å². The number of aliphatic carboxylic acids is 1. The van der Waals surface area contributed by atoms with E-state index in [1.165, 1.54) is 0 Å². The van der Waals surface area contributed by atoms with Gasteiger partial charge in [0.25, 0.3) is 0 Å². The van der Waals surface area contributed by atoms with Gasteiger partial charge in [0.15, 0.2) is 0 Å². The maximum absolute atomic E-state index is 11.8. The Morgan fingerprint density at radius 3 is 2.52 bits per heavy atom. The van der Waals surface area contributed by atoms with Crippen LogP contribution in [0.1, 0.15) is 39.4 Å². The fraction of sp³-hybridized carbons (Fsp3) is 0.600. The topological polar surface area (TPSA) is 91.6 Å². The third-order valence-corrected chi connectivity index (χ3v) is 3.86. The number of carbonyl (C=O) groups is 2. The number of hydrogen-bond acceptors (Lipinski definition) is 3. The van der Waals surface area contributed by atoms with Crippen molar-refractivity contribution < 1.29 is 19.1 Å². The molecule has 0 saturated carbocycles. The first-order chi connectivity index (χ1) is 9.93. The molecule has 0 aliphatic rings. The van der Waals surface area contributed by atoms with Gasteiger partial charge in [-0.05, 0) is 31.9 Å². The zero-order chi connectivity index (χ0) is 15.9. The summed E-state index contributed by atoms with van der Waals surface area (Å²) in [5.41, 5.74) is -0.901. The van der Waals surface area contributed by atoms with E-state index in [2.05, 4.69) is 10.6 Å². The fourth-order valence-corrected chi connectivity index (χ4v) is 2.18. The Balaban J connectivity index is 2.44. The minimum absolute atomic E-state index is 0.0985. The van der Waals surface area contributed by atoms with Crippen LogP contribution in [0.5, 0.6) is 0 Å². The van der Waals surface area contributed by atoms with Crippen LogP contribution in [0.3, 0.4) is 0 Å². The van der Waals surface area contributed by atoms with Gasteiger partial charge in [-0.1, -0.05) is 13.8 Å². The number of nitrogens with one attached hydrogen (secondary N) is 2. The second-order valence-electron chi connectivity index (χ2n) is 5.30. The van der Waals surface area contributed by atoms with Gasteiger partial charge in [-0.2, -0.15) is 0 Å². The number of urea groups is 1. The molecule has 0 bridgehead atoms. The van der Waals surface area contributed by atoms with Crippen LogP contribution in [-0.2, 0) is 11.2 Å². The largest absolute Gasteiger partial charge is 0.481 e. The number of carboxylic acids is 1. The Bertz CT molecular complexity index is 452. The van der Waals surface area contributed by atoms with Gasteiger partial charge in [0.1, 0.15) is 5.76 Å². The average Bonchev–Trinajstić information content (AvgIpc) is 2.92. The summed E-state index contributed by atoms with van der Waals surface area (Å²) >= 11 is 0. The molecule has 1 rings (SSSR count). The first-order valence-corrected chi connectivity index (χ1v) is 7.23. The van der Waals surface area contributed by atoms with Crippen molar-refractivity contribution in [2.45, 2.75) is 46.1 Å². The summed E-state index contributed by atoms with van der Waals surface area (Å²) in [6.07, 6.45) is 3.13. The van der Waals surface area contributed by atoms with Gasteiger partial charge in [0.2, 0.25) is 0 Å². The van der Waals surface area contributed by atoms with Gasteiger partial charge in [-0.15, -0.1) is 0 Å². The molecule has 0 aliphatic heterocycles. The van der Waals surface area contributed by atoms with E-state index in [9.17, 15) is 14.7 Å². The minimum Gasteiger partial charge on any atom is -0.481 e. The summed E-state index contributed by atoms with van der Waals surface area (Å²) in [5.74, 6) is -0.0822. The van der Waals surface area contributed by atoms with Crippen molar-refractivity contribution in [3.63, 3.8) is 0 Å². The molecule has 21 heavy (non-hydrogen) atoms. The Hall–Kier alpha value is -1.98. The highest BCUT2D eigenvalue weighted by molar-refractivity contribution is 5.78. The highest BCUT2D eigenvalue weighted by Gasteiger charge is 2.35. The number of carbonyl (C=O) groups excluding carboxylic acids is 1. The highest BCUT2D eigenvalue weighted by atomic mass is 16.4. The average molecular weight is 296 g/mol. The van der Waals surface area contributed by atoms with Gasteiger partial charge in [0.05, 0.1) is 11.7 Å². The Morgan fingerprint density at radius 1 is 1.38 bits per heavy atom. The summed E-state index contributed by atoms with van der Waals surface area (Å²) in [6.45, 7) is 5.62. The van der Waals surface area contributed by atoms with Crippen molar-refractivity contribution >= 4 is 12.0 Å². The van der Waals surface area contributed by atoms with Gasteiger partial charge >= 0.3 is 12.0 Å². The lowest BCUT2D eigenvalue weighted by molar-refractivity contribution is -0.149. The summed E-state index contributed by atoms with van der Waals surface area (Å²) in [6, 6.07) is 3.19. The number of hydrogen-bond donors (Lipinski definition) is 3. The molecule has 6 nitrogen and oxygen atoms in total. The fourth-order valence-electron chi connectivity index (χ4n) is 2.18. The standard InChI is InChI=1S/C15H24N2O4/c1-4-15(5-2,13(18)19)10-16-14(20)17-11(3)9-12-7-6-8-21-12/h6-8,11H,4-5,9-10H2,1-3H3,(H,18,19)(H2,16,17,20). The molecular weight excluding hydrogens is 272 g/mol. The number of rotatable bonds is 8. The molecule has 0 aromatic carbocycles. The Kier molecular flexibility index (Phi) is 6.27. The van der Waals surface area contributed by atoms with Crippen molar-refractivity contribution in [2.75, 3.05) is 6.54 Å². The molecule has 1 aromatic heterocycles. The van der Waals surface area contributed by atoms with Crippen LogP contribution in [0.25, 0.3) is 0 Å². The number of amides is 2. The maximum atomic E-state index is 11.8.